The normalized spacial score (nSPS) is 10.5. The molecule has 2 aromatic rings. The fraction of sp³-hybridized carbons (Fsp3) is 0.286. The van der Waals surface area contributed by atoms with Gasteiger partial charge < -0.3 is 14.8 Å². The number of nitrogens with one attached hydrogen (secondary N) is 1. The summed E-state index contributed by atoms with van der Waals surface area (Å²) in [7, 11) is 3.31. The molecule has 1 aromatic carbocycles. The lowest BCUT2D eigenvalue weighted by Crippen LogP contribution is -2.13. The molecule has 0 spiro atoms. The van der Waals surface area contributed by atoms with Crippen LogP contribution in [0.25, 0.3) is 0 Å². The first-order valence-corrected chi connectivity index (χ1v) is 7.56. The third-order valence-corrected chi connectivity index (χ3v) is 4.39. The maximum absolute atomic E-state index is 5.44. The molecule has 1 aromatic heterocycles. The summed E-state index contributed by atoms with van der Waals surface area (Å²) in [5.74, 6) is 1.52. The summed E-state index contributed by atoms with van der Waals surface area (Å²) in [6, 6.07) is 8.05. The number of hydrogen-bond acceptors (Lipinski definition) is 4. The van der Waals surface area contributed by atoms with E-state index in [2.05, 4.69) is 38.8 Å². The molecule has 0 atom stereocenters. The van der Waals surface area contributed by atoms with E-state index >= 15 is 0 Å². The molecule has 0 aliphatic heterocycles. The Bertz CT molecular complexity index is 528. The number of thiophene rings is 1. The maximum atomic E-state index is 5.44. The van der Waals surface area contributed by atoms with Crippen molar-refractivity contribution in [3.63, 3.8) is 0 Å². The van der Waals surface area contributed by atoms with Crippen LogP contribution in [0.2, 0.25) is 0 Å². The van der Waals surface area contributed by atoms with Crippen LogP contribution < -0.4 is 14.8 Å². The number of hydrogen-bond donors (Lipinski definition) is 1. The Hall–Kier alpha value is -1.04. The van der Waals surface area contributed by atoms with Gasteiger partial charge in [0.2, 0.25) is 0 Å². The quantitative estimate of drug-likeness (QED) is 0.866. The van der Waals surface area contributed by atoms with Crippen LogP contribution in [-0.2, 0) is 13.1 Å². The SMILES string of the molecule is COc1ccc(Br)c(CNCc2cccs2)c1OC. The van der Waals surface area contributed by atoms with Crippen LogP contribution in [-0.4, -0.2) is 14.2 Å². The number of methoxy groups -OCH3 is 2. The summed E-state index contributed by atoms with van der Waals surface area (Å²) in [6.07, 6.45) is 0. The number of ether oxygens (including phenoxy) is 2. The van der Waals surface area contributed by atoms with Gasteiger partial charge in [-0.15, -0.1) is 11.3 Å². The van der Waals surface area contributed by atoms with Gasteiger partial charge in [0.15, 0.2) is 11.5 Å². The summed E-state index contributed by atoms with van der Waals surface area (Å²) in [4.78, 5) is 1.32. The zero-order valence-electron chi connectivity index (χ0n) is 10.9. The first-order valence-electron chi connectivity index (χ1n) is 5.88. The molecule has 0 unspecified atom stereocenters. The van der Waals surface area contributed by atoms with Crippen molar-refractivity contribution in [2.24, 2.45) is 0 Å². The van der Waals surface area contributed by atoms with Crippen LogP contribution in [0.4, 0.5) is 0 Å². The van der Waals surface area contributed by atoms with Crippen LogP contribution in [0, 0.1) is 0 Å². The van der Waals surface area contributed by atoms with Crippen LogP contribution >= 0.6 is 27.3 Å². The van der Waals surface area contributed by atoms with E-state index in [0.717, 1.165) is 34.6 Å². The highest BCUT2D eigenvalue weighted by Crippen LogP contribution is 2.35. The molecule has 1 heterocycles. The molecule has 19 heavy (non-hydrogen) atoms. The van der Waals surface area contributed by atoms with Crippen molar-refractivity contribution in [2.45, 2.75) is 13.1 Å². The van der Waals surface area contributed by atoms with Crippen molar-refractivity contribution in [2.75, 3.05) is 14.2 Å². The maximum Gasteiger partial charge on any atom is 0.166 e. The Morgan fingerprint density at radius 1 is 1.16 bits per heavy atom. The van der Waals surface area contributed by atoms with Gasteiger partial charge in [0.1, 0.15) is 0 Å². The predicted octanol–water partition coefficient (Wildman–Crippen LogP) is 3.82. The van der Waals surface area contributed by atoms with Gasteiger partial charge >= 0.3 is 0 Å². The fourth-order valence-electron chi connectivity index (χ4n) is 1.86. The second-order valence-electron chi connectivity index (χ2n) is 3.94. The fourth-order valence-corrected chi connectivity index (χ4v) is 2.98. The average molecular weight is 342 g/mol. The average Bonchev–Trinajstić information content (AvgIpc) is 2.93. The highest BCUT2D eigenvalue weighted by Gasteiger charge is 2.13. The molecular weight excluding hydrogens is 326 g/mol. The number of halogens is 1. The van der Waals surface area contributed by atoms with Gasteiger partial charge in [0.25, 0.3) is 0 Å². The van der Waals surface area contributed by atoms with Crippen LogP contribution in [0.5, 0.6) is 11.5 Å². The monoisotopic (exact) mass is 341 g/mol. The first-order chi connectivity index (χ1) is 9.26. The van der Waals surface area contributed by atoms with Gasteiger partial charge in [-0.3, -0.25) is 0 Å². The van der Waals surface area contributed by atoms with E-state index in [1.165, 1.54) is 4.88 Å². The first kappa shape index (κ1) is 14.4. The van der Waals surface area contributed by atoms with E-state index in [1.807, 2.05) is 12.1 Å². The van der Waals surface area contributed by atoms with Crippen molar-refractivity contribution in [1.82, 2.24) is 5.32 Å². The smallest absolute Gasteiger partial charge is 0.166 e. The lowest BCUT2D eigenvalue weighted by atomic mass is 10.2. The third kappa shape index (κ3) is 3.49. The zero-order chi connectivity index (χ0) is 13.7. The number of rotatable bonds is 6. The van der Waals surface area contributed by atoms with E-state index in [1.54, 1.807) is 25.6 Å². The Morgan fingerprint density at radius 3 is 2.63 bits per heavy atom. The molecule has 0 fully saturated rings. The molecule has 102 valence electrons. The minimum Gasteiger partial charge on any atom is -0.493 e. The summed E-state index contributed by atoms with van der Waals surface area (Å²) in [6.45, 7) is 1.57. The largest absolute Gasteiger partial charge is 0.493 e. The molecule has 0 aliphatic rings. The summed E-state index contributed by atoms with van der Waals surface area (Å²) in [5, 5.41) is 5.50. The van der Waals surface area contributed by atoms with Gasteiger partial charge in [0, 0.05) is 28.0 Å². The van der Waals surface area contributed by atoms with Gasteiger partial charge in [-0.1, -0.05) is 22.0 Å². The topological polar surface area (TPSA) is 30.5 Å². The Balaban J connectivity index is 2.10. The summed E-state index contributed by atoms with van der Waals surface area (Å²) in [5.41, 5.74) is 1.07. The second-order valence-corrected chi connectivity index (χ2v) is 5.83. The Kier molecular flexibility index (Phi) is 5.24. The van der Waals surface area contributed by atoms with Crippen LogP contribution in [0.1, 0.15) is 10.4 Å². The van der Waals surface area contributed by atoms with E-state index in [4.69, 9.17) is 9.47 Å². The second kappa shape index (κ2) is 6.93. The third-order valence-electron chi connectivity index (χ3n) is 2.77. The van der Waals surface area contributed by atoms with E-state index in [0.29, 0.717) is 0 Å². The van der Waals surface area contributed by atoms with E-state index in [-0.39, 0.29) is 0 Å². The minimum absolute atomic E-state index is 0.721. The molecule has 0 radical (unpaired) electrons. The van der Waals surface area contributed by atoms with Crippen LogP contribution in [0.3, 0.4) is 0 Å². The van der Waals surface area contributed by atoms with E-state index in [9.17, 15) is 0 Å². The molecular formula is C14H16BrNO2S. The molecule has 0 bridgehead atoms. The van der Waals surface area contributed by atoms with Gasteiger partial charge in [0.05, 0.1) is 14.2 Å². The summed E-state index contributed by atoms with van der Waals surface area (Å²) >= 11 is 5.31. The highest BCUT2D eigenvalue weighted by atomic mass is 79.9. The van der Waals surface area contributed by atoms with Crippen molar-refractivity contribution in [3.05, 3.63) is 44.6 Å². The molecule has 1 N–H and O–H groups in total. The lowest BCUT2D eigenvalue weighted by molar-refractivity contribution is 0.350. The van der Waals surface area contributed by atoms with Crippen molar-refractivity contribution >= 4 is 27.3 Å². The highest BCUT2D eigenvalue weighted by molar-refractivity contribution is 9.10. The molecule has 0 amide bonds. The Morgan fingerprint density at radius 2 is 2.00 bits per heavy atom. The molecule has 0 saturated carbocycles. The Labute approximate surface area is 125 Å². The van der Waals surface area contributed by atoms with Crippen molar-refractivity contribution < 1.29 is 9.47 Å². The van der Waals surface area contributed by atoms with Crippen molar-refractivity contribution in [1.29, 1.82) is 0 Å². The molecule has 3 nitrogen and oxygen atoms in total. The molecule has 5 heteroatoms. The molecule has 2 rings (SSSR count). The predicted molar refractivity (Wildman–Crippen MR) is 82.1 cm³/mol. The van der Waals surface area contributed by atoms with Gasteiger partial charge in [-0.05, 0) is 23.6 Å². The summed E-state index contributed by atoms with van der Waals surface area (Å²) < 4.78 is 11.8. The van der Waals surface area contributed by atoms with Crippen LogP contribution in [0.15, 0.2) is 34.1 Å². The van der Waals surface area contributed by atoms with Gasteiger partial charge in [-0.25, -0.2) is 0 Å². The van der Waals surface area contributed by atoms with Crippen molar-refractivity contribution in [3.8, 4) is 11.5 Å². The van der Waals surface area contributed by atoms with E-state index < -0.39 is 0 Å². The lowest BCUT2D eigenvalue weighted by Gasteiger charge is -2.14. The minimum atomic E-state index is 0.721. The zero-order valence-corrected chi connectivity index (χ0v) is 13.3. The molecule has 0 aliphatic carbocycles. The van der Waals surface area contributed by atoms with Gasteiger partial charge in [-0.2, -0.15) is 0 Å². The standard InChI is InChI=1S/C14H16BrNO2S/c1-17-13-6-5-12(15)11(14(13)18-2)9-16-8-10-4-3-7-19-10/h3-7,16H,8-9H2,1-2H3. The number of benzene rings is 1. The molecule has 0 saturated heterocycles.